The largest absolute Gasteiger partial charge is 0.398 e. The van der Waals surface area contributed by atoms with Crippen molar-refractivity contribution in [1.29, 1.82) is 0 Å². The van der Waals surface area contributed by atoms with Crippen LogP contribution in [0.15, 0.2) is 42.5 Å². The topological polar surface area (TPSA) is 38.0 Å². The van der Waals surface area contributed by atoms with Crippen molar-refractivity contribution >= 4 is 5.69 Å². The van der Waals surface area contributed by atoms with Gasteiger partial charge in [0.05, 0.1) is 0 Å². The normalized spacial score (nSPS) is 12.4. The van der Waals surface area contributed by atoms with Crippen LogP contribution in [0.5, 0.6) is 0 Å². The fourth-order valence-corrected chi connectivity index (χ4v) is 2.29. The number of aryl methyl sites for hydroxylation is 2. The Kier molecular flexibility index (Phi) is 4.23. The van der Waals surface area contributed by atoms with E-state index in [1.165, 1.54) is 16.7 Å². The zero-order valence-corrected chi connectivity index (χ0v) is 11.9. The highest BCUT2D eigenvalue weighted by molar-refractivity contribution is 5.46. The van der Waals surface area contributed by atoms with Gasteiger partial charge < -0.3 is 11.1 Å². The van der Waals surface area contributed by atoms with Crippen LogP contribution in [0.4, 0.5) is 5.69 Å². The third-order valence-corrected chi connectivity index (χ3v) is 3.56. The number of nitrogens with one attached hydrogen (secondary N) is 1. The van der Waals surface area contributed by atoms with Crippen molar-refractivity contribution in [1.82, 2.24) is 5.32 Å². The van der Waals surface area contributed by atoms with E-state index in [4.69, 9.17) is 5.73 Å². The Morgan fingerprint density at radius 2 is 1.84 bits per heavy atom. The zero-order valence-electron chi connectivity index (χ0n) is 11.9. The van der Waals surface area contributed by atoms with Gasteiger partial charge in [0.15, 0.2) is 0 Å². The van der Waals surface area contributed by atoms with E-state index in [-0.39, 0.29) is 0 Å². The third-order valence-electron chi connectivity index (χ3n) is 3.56. The van der Waals surface area contributed by atoms with Crippen molar-refractivity contribution in [2.75, 3.05) is 5.73 Å². The van der Waals surface area contributed by atoms with Gasteiger partial charge >= 0.3 is 0 Å². The summed E-state index contributed by atoms with van der Waals surface area (Å²) in [6, 6.07) is 14.9. The lowest BCUT2D eigenvalue weighted by molar-refractivity contribution is 0.572. The van der Waals surface area contributed by atoms with Crippen molar-refractivity contribution in [3.8, 4) is 0 Å². The van der Waals surface area contributed by atoms with Crippen LogP contribution < -0.4 is 11.1 Å². The molecule has 0 aromatic heterocycles. The van der Waals surface area contributed by atoms with Crippen LogP contribution in [0.2, 0.25) is 0 Å². The Morgan fingerprint density at radius 3 is 2.58 bits per heavy atom. The van der Waals surface area contributed by atoms with E-state index >= 15 is 0 Å². The first kappa shape index (κ1) is 13.6. The van der Waals surface area contributed by atoms with Gasteiger partial charge in [-0.15, -0.1) is 0 Å². The summed E-state index contributed by atoms with van der Waals surface area (Å²) in [5.41, 5.74) is 11.9. The van der Waals surface area contributed by atoms with E-state index in [1.54, 1.807) is 0 Å². The molecule has 2 aromatic carbocycles. The lowest BCUT2D eigenvalue weighted by atomic mass is 10.00. The predicted molar refractivity (Wildman–Crippen MR) is 82.0 cm³/mol. The number of nitrogen functional groups attached to an aromatic ring is 1. The average Bonchev–Trinajstić information content (AvgIpc) is 2.40. The molecule has 19 heavy (non-hydrogen) atoms. The predicted octanol–water partition coefficient (Wildman–Crippen LogP) is 3.74. The quantitative estimate of drug-likeness (QED) is 0.816. The van der Waals surface area contributed by atoms with Crippen molar-refractivity contribution in [3.63, 3.8) is 0 Å². The Labute approximate surface area is 115 Å². The molecule has 0 spiro atoms. The third kappa shape index (κ3) is 3.36. The molecule has 0 saturated heterocycles. The Hall–Kier alpha value is -1.80. The van der Waals surface area contributed by atoms with E-state index in [9.17, 15) is 0 Å². The molecule has 100 valence electrons. The molecule has 2 aromatic rings. The molecule has 0 fully saturated rings. The number of para-hydroxylation sites is 1. The molecule has 0 amide bonds. The van der Waals surface area contributed by atoms with Gasteiger partial charge in [0.1, 0.15) is 0 Å². The molecule has 0 radical (unpaired) electrons. The summed E-state index contributed by atoms with van der Waals surface area (Å²) in [4.78, 5) is 0. The molecule has 1 atom stereocenters. The minimum Gasteiger partial charge on any atom is -0.398 e. The van der Waals surface area contributed by atoms with Crippen molar-refractivity contribution in [2.45, 2.75) is 33.4 Å². The summed E-state index contributed by atoms with van der Waals surface area (Å²) in [5.74, 6) is 0. The Bertz CT molecular complexity index is 561. The maximum absolute atomic E-state index is 5.96. The molecular formula is C17H22N2. The van der Waals surface area contributed by atoms with E-state index in [2.05, 4.69) is 50.4 Å². The fourth-order valence-electron chi connectivity index (χ4n) is 2.29. The number of nitrogens with two attached hydrogens (primary N) is 1. The number of hydrogen-bond acceptors (Lipinski definition) is 2. The minimum absolute atomic E-state index is 0.319. The van der Waals surface area contributed by atoms with Crippen LogP contribution in [0.1, 0.15) is 35.2 Å². The second-order valence-electron chi connectivity index (χ2n) is 5.16. The lowest BCUT2D eigenvalue weighted by Crippen LogP contribution is -2.19. The van der Waals surface area contributed by atoms with E-state index in [0.29, 0.717) is 6.04 Å². The number of benzene rings is 2. The molecule has 0 aliphatic heterocycles. The monoisotopic (exact) mass is 254 g/mol. The molecular weight excluding hydrogens is 232 g/mol. The molecule has 3 N–H and O–H groups in total. The molecule has 1 unspecified atom stereocenters. The maximum atomic E-state index is 5.96. The summed E-state index contributed by atoms with van der Waals surface area (Å²) in [6.07, 6.45) is 0. The SMILES string of the molecule is Cc1ccc(C)c(C(C)NCc2ccccc2N)c1. The van der Waals surface area contributed by atoms with Crippen LogP contribution in [0, 0.1) is 13.8 Å². The van der Waals surface area contributed by atoms with Gasteiger partial charge in [-0.1, -0.05) is 42.0 Å². The highest BCUT2D eigenvalue weighted by atomic mass is 14.9. The first-order chi connectivity index (χ1) is 9.08. The van der Waals surface area contributed by atoms with Crippen LogP contribution in [-0.2, 0) is 6.54 Å². The molecule has 0 heterocycles. The highest BCUT2D eigenvalue weighted by Gasteiger charge is 2.08. The van der Waals surface area contributed by atoms with Gasteiger partial charge in [-0.3, -0.25) is 0 Å². The standard InChI is InChI=1S/C17H22N2/c1-12-8-9-13(2)16(10-12)14(3)19-11-15-6-4-5-7-17(15)18/h4-10,14,19H,11,18H2,1-3H3. The van der Waals surface area contributed by atoms with Crippen molar-refractivity contribution in [2.24, 2.45) is 0 Å². The molecule has 0 bridgehead atoms. The average molecular weight is 254 g/mol. The molecule has 0 aliphatic rings. The van der Waals surface area contributed by atoms with E-state index < -0.39 is 0 Å². The Balaban J connectivity index is 2.07. The van der Waals surface area contributed by atoms with Crippen LogP contribution in [-0.4, -0.2) is 0 Å². The second kappa shape index (κ2) is 5.89. The molecule has 0 aliphatic carbocycles. The summed E-state index contributed by atoms with van der Waals surface area (Å²) in [5, 5.41) is 3.54. The summed E-state index contributed by atoms with van der Waals surface area (Å²) in [7, 11) is 0. The van der Waals surface area contributed by atoms with Gasteiger partial charge in [-0.05, 0) is 43.5 Å². The second-order valence-corrected chi connectivity index (χ2v) is 5.16. The number of hydrogen-bond donors (Lipinski definition) is 2. The van der Waals surface area contributed by atoms with Crippen LogP contribution in [0.25, 0.3) is 0 Å². The first-order valence-electron chi connectivity index (χ1n) is 6.72. The van der Waals surface area contributed by atoms with Gasteiger partial charge in [0, 0.05) is 18.3 Å². The molecule has 0 saturated carbocycles. The van der Waals surface area contributed by atoms with Gasteiger partial charge in [0.25, 0.3) is 0 Å². The smallest absolute Gasteiger partial charge is 0.0359 e. The van der Waals surface area contributed by atoms with Crippen molar-refractivity contribution in [3.05, 3.63) is 64.7 Å². The summed E-state index contributed by atoms with van der Waals surface area (Å²) in [6.45, 7) is 7.27. The van der Waals surface area contributed by atoms with Crippen LogP contribution in [0.3, 0.4) is 0 Å². The van der Waals surface area contributed by atoms with E-state index in [1.807, 2.05) is 18.2 Å². The van der Waals surface area contributed by atoms with E-state index in [0.717, 1.165) is 17.8 Å². The first-order valence-corrected chi connectivity index (χ1v) is 6.72. The fraction of sp³-hybridized carbons (Fsp3) is 0.294. The van der Waals surface area contributed by atoms with Crippen LogP contribution >= 0.6 is 0 Å². The maximum Gasteiger partial charge on any atom is 0.0359 e. The minimum atomic E-state index is 0.319. The van der Waals surface area contributed by atoms with Crippen molar-refractivity contribution < 1.29 is 0 Å². The zero-order chi connectivity index (χ0) is 13.8. The summed E-state index contributed by atoms with van der Waals surface area (Å²) >= 11 is 0. The molecule has 2 rings (SSSR count). The molecule has 2 heteroatoms. The van der Waals surface area contributed by atoms with Gasteiger partial charge in [-0.25, -0.2) is 0 Å². The van der Waals surface area contributed by atoms with Gasteiger partial charge in [-0.2, -0.15) is 0 Å². The number of anilines is 1. The van der Waals surface area contributed by atoms with Gasteiger partial charge in [0.2, 0.25) is 0 Å². The number of rotatable bonds is 4. The highest BCUT2D eigenvalue weighted by Crippen LogP contribution is 2.20. The lowest BCUT2D eigenvalue weighted by Gasteiger charge is -2.18. The summed E-state index contributed by atoms with van der Waals surface area (Å²) < 4.78 is 0. The Morgan fingerprint density at radius 1 is 1.11 bits per heavy atom. The molecule has 2 nitrogen and oxygen atoms in total.